The molecular formula is C28H36O5. The van der Waals surface area contributed by atoms with E-state index in [2.05, 4.69) is 27.7 Å². The van der Waals surface area contributed by atoms with E-state index in [4.69, 9.17) is 0 Å². The number of carbonyl (C=O) groups excluding carboxylic acids is 1. The summed E-state index contributed by atoms with van der Waals surface area (Å²) < 4.78 is 0. The molecule has 0 spiro atoms. The monoisotopic (exact) mass is 452 g/mol. The quantitative estimate of drug-likeness (QED) is 0.456. The summed E-state index contributed by atoms with van der Waals surface area (Å²) in [6.45, 7) is 11.1. The molecule has 0 aliphatic heterocycles. The van der Waals surface area contributed by atoms with Gasteiger partial charge in [-0.3, -0.25) is 9.59 Å². The molecule has 0 heterocycles. The Morgan fingerprint density at radius 2 is 1.55 bits per heavy atom. The molecule has 5 heteroatoms. The molecule has 0 bridgehead atoms. The molecule has 1 aromatic carbocycles. The summed E-state index contributed by atoms with van der Waals surface area (Å²) in [7, 11) is 0. The average molecular weight is 453 g/mol. The Balaban J connectivity index is 1.66. The lowest BCUT2D eigenvalue weighted by Gasteiger charge is -2.69. The summed E-state index contributed by atoms with van der Waals surface area (Å²) in [6.07, 6.45) is 7.87. The lowest BCUT2D eigenvalue weighted by atomic mass is 9.34. The first-order valence-electron chi connectivity index (χ1n) is 12.3. The molecule has 0 aromatic heterocycles. The first-order chi connectivity index (χ1) is 15.2. The average Bonchev–Trinajstić information content (AvgIpc) is 2.75. The van der Waals surface area contributed by atoms with Crippen molar-refractivity contribution in [1.82, 2.24) is 0 Å². The van der Waals surface area contributed by atoms with Gasteiger partial charge >= 0.3 is 5.97 Å². The Kier molecular flexibility index (Phi) is 4.38. The van der Waals surface area contributed by atoms with Crippen LogP contribution in [-0.4, -0.2) is 27.1 Å². The molecule has 0 unspecified atom stereocenters. The molecule has 3 N–H and O–H groups in total. The Bertz CT molecular complexity index is 1120. The third-order valence-corrected chi connectivity index (χ3v) is 11.1. The first-order valence-corrected chi connectivity index (χ1v) is 12.3. The highest BCUT2D eigenvalue weighted by Crippen LogP contribution is 2.74. The van der Waals surface area contributed by atoms with Crippen LogP contribution in [0, 0.1) is 27.6 Å². The van der Waals surface area contributed by atoms with Crippen LogP contribution in [0.25, 0.3) is 0 Å². The van der Waals surface area contributed by atoms with Gasteiger partial charge in [0.1, 0.15) is 0 Å². The lowest BCUT2D eigenvalue weighted by molar-refractivity contribution is -0.177. The number of carboxylic acid groups (broad SMARTS) is 1. The van der Waals surface area contributed by atoms with Crippen molar-refractivity contribution in [3.63, 3.8) is 0 Å². The van der Waals surface area contributed by atoms with E-state index in [9.17, 15) is 24.9 Å². The zero-order chi connectivity index (χ0) is 24.2. The number of aliphatic carboxylic acids is 1. The zero-order valence-corrected chi connectivity index (χ0v) is 20.4. The summed E-state index contributed by atoms with van der Waals surface area (Å²) in [5.41, 5.74) is 1.02. The van der Waals surface area contributed by atoms with Gasteiger partial charge in [-0.1, -0.05) is 27.7 Å². The number of phenols is 2. The van der Waals surface area contributed by atoms with Gasteiger partial charge < -0.3 is 15.3 Å². The third kappa shape index (κ3) is 2.65. The van der Waals surface area contributed by atoms with Crippen LogP contribution in [0.2, 0.25) is 0 Å². The number of hydrogen-bond donors (Lipinski definition) is 3. The molecule has 33 heavy (non-hydrogen) atoms. The van der Waals surface area contributed by atoms with Gasteiger partial charge in [0, 0.05) is 11.0 Å². The fraction of sp³-hybridized carbons (Fsp3) is 0.643. The summed E-state index contributed by atoms with van der Waals surface area (Å²) in [6, 6.07) is 2.98. The van der Waals surface area contributed by atoms with Crippen LogP contribution in [0.15, 0.2) is 23.8 Å². The molecule has 5 nitrogen and oxygen atoms in total. The fourth-order valence-electron chi connectivity index (χ4n) is 8.42. The third-order valence-electron chi connectivity index (χ3n) is 11.1. The maximum absolute atomic E-state index is 13.3. The van der Waals surface area contributed by atoms with Crippen molar-refractivity contribution in [2.75, 3.05) is 0 Å². The van der Waals surface area contributed by atoms with E-state index in [0.717, 1.165) is 49.7 Å². The van der Waals surface area contributed by atoms with Crippen molar-refractivity contribution >= 4 is 11.8 Å². The number of ketones is 1. The van der Waals surface area contributed by atoms with Crippen molar-refractivity contribution in [2.45, 2.75) is 85.0 Å². The van der Waals surface area contributed by atoms with Crippen molar-refractivity contribution < 1.29 is 24.9 Å². The minimum Gasteiger partial charge on any atom is -0.504 e. The number of rotatable bonds is 1. The lowest BCUT2D eigenvalue weighted by Crippen LogP contribution is -2.62. The Hall–Kier alpha value is -2.30. The van der Waals surface area contributed by atoms with Gasteiger partial charge in [0.05, 0.1) is 5.41 Å². The number of phenolic OH excluding ortho intramolecular Hbond substituents is 2. The summed E-state index contributed by atoms with van der Waals surface area (Å²) in [4.78, 5) is 25.5. The topological polar surface area (TPSA) is 94.8 Å². The zero-order valence-electron chi connectivity index (χ0n) is 20.4. The minimum absolute atomic E-state index is 0.109. The van der Waals surface area contributed by atoms with E-state index >= 15 is 0 Å². The Morgan fingerprint density at radius 1 is 0.909 bits per heavy atom. The minimum atomic E-state index is -0.709. The summed E-state index contributed by atoms with van der Waals surface area (Å²) in [5, 5.41) is 30.3. The van der Waals surface area contributed by atoms with Gasteiger partial charge in [-0.2, -0.15) is 0 Å². The molecule has 1 aromatic rings. The summed E-state index contributed by atoms with van der Waals surface area (Å²) >= 11 is 0. The van der Waals surface area contributed by atoms with Gasteiger partial charge in [0.15, 0.2) is 17.3 Å². The highest BCUT2D eigenvalue weighted by molar-refractivity contribution is 6.09. The molecular weight excluding hydrogens is 416 g/mol. The van der Waals surface area contributed by atoms with Gasteiger partial charge in [-0.25, -0.2) is 0 Å². The number of carboxylic acids is 1. The normalized spacial score (nSPS) is 44.1. The Labute approximate surface area is 195 Å². The smallest absolute Gasteiger partial charge is 0.309 e. The highest BCUT2D eigenvalue weighted by Gasteiger charge is 2.67. The molecule has 0 radical (unpaired) electrons. The highest BCUT2D eigenvalue weighted by atomic mass is 16.4. The van der Waals surface area contributed by atoms with Crippen LogP contribution in [0.1, 0.15) is 95.5 Å². The van der Waals surface area contributed by atoms with Gasteiger partial charge in [-0.15, -0.1) is 0 Å². The molecule has 0 amide bonds. The number of allylic oxidation sites excluding steroid dienone is 2. The number of fused-ring (bicyclic) bond motifs is 7. The van der Waals surface area contributed by atoms with E-state index in [1.165, 1.54) is 6.07 Å². The van der Waals surface area contributed by atoms with Gasteiger partial charge in [0.2, 0.25) is 0 Å². The maximum Gasteiger partial charge on any atom is 0.309 e. The second-order valence-electron chi connectivity index (χ2n) is 12.7. The molecule has 5 rings (SSSR count). The van der Waals surface area contributed by atoms with Crippen molar-refractivity contribution in [2.24, 2.45) is 27.6 Å². The first kappa shape index (κ1) is 22.5. The summed E-state index contributed by atoms with van der Waals surface area (Å²) in [5.74, 6) is -1.02. The van der Waals surface area contributed by atoms with Crippen molar-refractivity contribution in [3.05, 3.63) is 34.9 Å². The second-order valence-corrected chi connectivity index (χ2v) is 12.7. The van der Waals surface area contributed by atoms with Gasteiger partial charge in [-0.05, 0) is 103 Å². The number of carbonyl (C=O) groups is 2. The molecule has 0 saturated heterocycles. The molecule has 4 aliphatic rings. The molecule has 4 aliphatic carbocycles. The van der Waals surface area contributed by atoms with E-state index in [-0.39, 0.29) is 39.4 Å². The second kappa shape index (κ2) is 6.43. The van der Waals surface area contributed by atoms with E-state index in [1.54, 1.807) is 12.1 Å². The number of benzene rings is 1. The molecule has 178 valence electrons. The SMILES string of the molecule is C[C@]1(C(=O)O)CC[C@@]2(C)CC[C@@]3(C)C4=CC(=O)c5cc(O)c(O)cc5[C@@]4(C)CC[C@]3(C)[C@H]2C1. The molecule has 3 fully saturated rings. The fourth-order valence-corrected chi connectivity index (χ4v) is 8.42. The largest absolute Gasteiger partial charge is 0.504 e. The molecule has 3 saturated carbocycles. The van der Waals surface area contributed by atoms with Crippen LogP contribution in [0.5, 0.6) is 11.5 Å². The van der Waals surface area contributed by atoms with Crippen LogP contribution in [-0.2, 0) is 10.2 Å². The van der Waals surface area contributed by atoms with Crippen LogP contribution in [0.3, 0.4) is 0 Å². The van der Waals surface area contributed by atoms with Gasteiger partial charge in [0.25, 0.3) is 0 Å². The van der Waals surface area contributed by atoms with Crippen molar-refractivity contribution in [1.29, 1.82) is 0 Å². The number of aromatic hydroxyl groups is 2. The van der Waals surface area contributed by atoms with E-state index < -0.39 is 16.8 Å². The van der Waals surface area contributed by atoms with Crippen LogP contribution in [0.4, 0.5) is 0 Å². The predicted octanol–water partition coefficient (Wildman–Crippen LogP) is 5.98. The van der Waals surface area contributed by atoms with E-state index in [1.807, 2.05) is 6.92 Å². The molecule has 6 atom stereocenters. The Morgan fingerprint density at radius 3 is 2.21 bits per heavy atom. The number of hydrogen-bond acceptors (Lipinski definition) is 4. The standard InChI is InChI=1S/C28H36O5/c1-24-6-7-25(2,23(32)33)15-22(24)28(5)11-9-26(3)17-13-20(31)19(30)12-16(17)18(29)14-21(26)27(28,4)10-8-24/h12-14,22,30-31H,6-11,15H2,1-5H3,(H,32,33)/t22-,24-,25-,26+,27-,28+/m0/s1. The van der Waals surface area contributed by atoms with Crippen LogP contribution < -0.4 is 0 Å². The van der Waals surface area contributed by atoms with Crippen LogP contribution >= 0.6 is 0 Å². The van der Waals surface area contributed by atoms with E-state index in [0.29, 0.717) is 12.0 Å². The van der Waals surface area contributed by atoms with Crippen molar-refractivity contribution in [3.8, 4) is 11.5 Å². The maximum atomic E-state index is 13.3. The predicted molar refractivity (Wildman–Crippen MR) is 125 cm³/mol.